The van der Waals surface area contributed by atoms with E-state index in [1.807, 2.05) is 0 Å². The molecule has 0 amide bonds. The number of rotatable bonds is 3. The van der Waals surface area contributed by atoms with Gasteiger partial charge in [0.15, 0.2) is 6.29 Å². The molecule has 4 saturated carbocycles. The minimum absolute atomic E-state index is 0.0153. The lowest BCUT2D eigenvalue weighted by Crippen LogP contribution is -2.71. The molecule has 6 fully saturated rings. The zero-order valence-corrected chi connectivity index (χ0v) is 27.6. The summed E-state index contributed by atoms with van der Waals surface area (Å²) >= 11 is 0. The fourth-order valence-electron chi connectivity index (χ4n) is 12.8. The average molecular weight is 603 g/mol. The van der Waals surface area contributed by atoms with Gasteiger partial charge in [-0.25, -0.2) is 0 Å². The van der Waals surface area contributed by atoms with Gasteiger partial charge in [0, 0.05) is 16.7 Å². The first-order valence-electron chi connectivity index (χ1n) is 17.3. The minimum atomic E-state index is -1.34. The van der Waals surface area contributed by atoms with Crippen LogP contribution in [0.25, 0.3) is 0 Å². The molecule has 7 aliphatic rings. The molecule has 2 bridgehead atoms. The van der Waals surface area contributed by atoms with E-state index in [0.29, 0.717) is 22.7 Å². The molecule has 1 spiro atoms. The van der Waals surface area contributed by atoms with Crippen LogP contribution in [0.5, 0.6) is 0 Å². The molecule has 4 N–H and O–H groups in total. The molecule has 0 aromatic rings. The Morgan fingerprint density at radius 3 is 2.28 bits per heavy atom. The normalized spacial score (nSPS) is 60.4. The number of allylic oxidation sites excluding steroid dienone is 1. The molecule has 7 nitrogen and oxygen atoms in total. The van der Waals surface area contributed by atoms with E-state index in [4.69, 9.17) is 14.2 Å². The molecule has 43 heavy (non-hydrogen) atoms. The predicted molar refractivity (Wildman–Crippen MR) is 163 cm³/mol. The van der Waals surface area contributed by atoms with Crippen molar-refractivity contribution in [3.63, 3.8) is 0 Å². The number of hydrogen-bond acceptors (Lipinski definition) is 7. The van der Waals surface area contributed by atoms with Crippen LogP contribution in [0.2, 0.25) is 0 Å². The number of aliphatic hydroxyl groups excluding tert-OH is 4. The number of ether oxygens (including phenoxy) is 3. The third-order valence-electron chi connectivity index (χ3n) is 15.8. The zero-order valence-electron chi connectivity index (χ0n) is 27.6. The second-order valence-corrected chi connectivity index (χ2v) is 18.1. The first-order valence-corrected chi connectivity index (χ1v) is 17.3. The van der Waals surface area contributed by atoms with Gasteiger partial charge in [-0.1, -0.05) is 53.7 Å². The molecule has 244 valence electrons. The molecule has 0 aromatic heterocycles. The van der Waals surface area contributed by atoms with Gasteiger partial charge in [-0.05, 0) is 98.2 Å². The minimum Gasteiger partial charge on any atom is -0.396 e. The third kappa shape index (κ3) is 3.79. The highest BCUT2D eigenvalue weighted by Gasteiger charge is 2.77. The first kappa shape index (κ1) is 31.1. The Morgan fingerprint density at radius 2 is 1.56 bits per heavy atom. The fourth-order valence-corrected chi connectivity index (χ4v) is 12.8. The van der Waals surface area contributed by atoms with Crippen LogP contribution in [0.1, 0.15) is 106 Å². The predicted octanol–water partition coefficient (Wildman–Crippen LogP) is 4.98. The Kier molecular flexibility index (Phi) is 6.88. The molecular weight excluding hydrogens is 544 g/mol. The van der Waals surface area contributed by atoms with Crippen LogP contribution in [0.15, 0.2) is 12.2 Å². The summed E-state index contributed by atoms with van der Waals surface area (Å²) in [7, 11) is 0. The highest BCUT2D eigenvalue weighted by molar-refractivity contribution is 5.34. The maximum Gasteiger partial charge on any atom is 0.186 e. The monoisotopic (exact) mass is 602 g/mol. The van der Waals surface area contributed by atoms with E-state index in [-0.39, 0.29) is 40.5 Å². The van der Waals surface area contributed by atoms with Crippen molar-refractivity contribution in [3.05, 3.63) is 12.2 Å². The zero-order chi connectivity index (χ0) is 31.0. The van der Waals surface area contributed by atoms with Crippen molar-refractivity contribution in [1.29, 1.82) is 0 Å². The van der Waals surface area contributed by atoms with Crippen LogP contribution >= 0.6 is 0 Å². The van der Waals surface area contributed by atoms with Gasteiger partial charge in [0.1, 0.15) is 18.3 Å². The lowest BCUT2D eigenvalue weighted by atomic mass is 9.32. The molecule has 0 aromatic carbocycles. The van der Waals surface area contributed by atoms with Crippen LogP contribution in [-0.2, 0) is 14.2 Å². The second-order valence-electron chi connectivity index (χ2n) is 18.1. The highest BCUT2D eigenvalue weighted by atomic mass is 16.7. The third-order valence-corrected chi connectivity index (χ3v) is 15.8. The van der Waals surface area contributed by atoms with Crippen molar-refractivity contribution < 1.29 is 34.6 Å². The van der Waals surface area contributed by atoms with Crippen LogP contribution in [-0.4, -0.2) is 76.1 Å². The molecule has 0 radical (unpaired) electrons. The quantitative estimate of drug-likeness (QED) is 0.267. The van der Waals surface area contributed by atoms with E-state index in [1.165, 1.54) is 32.1 Å². The summed E-state index contributed by atoms with van der Waals surface area (Å²) in [6.45, 7) is 17.3. The van der Waals surface area contributed by atoms with Gasteiger partial charge in [-0.15, -0.1) is 0 Å². The Labute approximate surface area is 258 Å². The van der Waals surface area contributed by atoms with Crippen molar-refractivity contribution in [2.75, 3.05) is 13.2 Å². The molecule has 2 heterocycles. The topological polar surface area (TPSA) is 109 Å². The van der Waals surface area contributed by atoms with Crippen molar-refractivity contribution in [2.45, 2.75) is 149 Å². The van der Waals surface area contributed by atoms with Gasteiger partial charge in [-0.3, -0.25) is 0 Å². The smallest absolute Gasteiger partial charge is 0.186 e. The lowest BCUT2D eigenvalue weighted by Gasteiger charge is -2.73. The Balaban J connectivity index is 1.21. The lowest BCUT2D eigenvalue weighted by molar-refractivity contribution is -0.328. The molecule has 7 heteroatoms. The fraction of sp³-hybridized carbons (Fsp3) is 0.944. The van der Waals surface area contributed by atoms with Crippen molar-refractivity contribution in [1.82, 2.24) is 0 Å². The number of hydrogen-bond donors (Lipinski definition) is 4. The average Bonchev–Trinajstić information content (AvgIpc) is 3.19. The second kappa shape index (κ2) is 9.51. The SMILES string of the molecule is C[C@@H]1O[C@@H](O[C@H]2CC[C@@]3(C)[C@@H](CC[C@]4(C)[C@@H]3C=C[C@]35OC[C@@]6(CCC(C)(C)C[C@H]63)CC[C@]54C)[C@]2(C)CO)[C@@H](O)[C@H](O)[C@@H]1O. The van der Waals surface area contributed by atoms with Crippen LogP contribution in [0.3, 0.4) is 0 Å². The summed E-state index contributed by atoms with van der Waals surface area (Å²) < 4.78 is 19.5. The molecule has 7 rings (SSSR count). The largest absolute Gasteiger partial charge is 0.396 e. The van der Waals surface area contributed by atoms with E-state index in [1.54, 1.807) is 6.92 Å². The summed E-state index contributed by atoms with van der Waals surface area (Å²) in [6.07, 6.45) is 9.36. The van der Waals surface area contributed by atoms with Gasteiger partial charge in [-0.2, -0.15) is 0 Å². The van der Waals surface area contributed by atoms with Gasteiger partial charge in [0.05, 0.1) is 31.0 Å². The van der Waals surface area contributed by atoms with Gasteiger partial charge in [0.25, 0.3) is 0 Å². The maximum atomic E-state index is 11.1. The van der Waals surface area contributed by atoms with E-state index in [9.17, 15) is 20.4 Å². The van der Waals surface area contributed by atoms with Crippen LogP contribution in [0, 0.1) is 50.2 Å². The van der Waals surface area contributed by atoms with Crippen LogP contribution < -0.4 is 0 Å². The van der Waals surface area contributed by atoms with E-state index >= 15 is 0 Å². The molecular formula is C36H58O7. The Morgan fingerprint density at radius 1 is 0.837 bits per heavy atom. The van der Waals surface area contributed by atoms with Crippen molar-refractivity contribution >= 4 is 0 Å². The number of aliphatic hydroxyl groups is 4. The molecule has 2 aliphatic heterocycles. The summed E-state index contributed by atoms with van der Waals surface area (Å²) in [4.78, 5) is 0. The number of fused-ring (bicyclic) bond motifs is 4. The summed E-state index contributed by atoms with van der Waals surface area (Å²) in [6, 6.07) is 0. The first-order chi connectivity index (χ1) is 20.0. The van der Waals surface area contributed by atoms with Gasteiger partial charge in [0.2, 0.25) is 0 Å². The summed E-state index contributed by atoms with van der Waals surface area (Å²) in [5.41, 5.74) is 0.0419. The Bertz CT molecular complexity index is 1160. The van der Waals surface area contributed by atoms with Gasteiger partial charge < -0.3 is 34.6 Å². The van der Waals surface area contributed by atoms with Crippen LogP contribution in [0.4, 0.5) is 0 Å². The summed E-state index contributed by atoms with van der Waals surface area (Å²) in [5, 5.41) is 42.4. The van der Waals surface area contributed by atoms with E-state index in [0.717, 1.165) is 32.3 Å². The van der Waals surface area contributed by atoms with E-state index in [2.05, 4.69) is 53.7 Å². The molecule has 2 saturated heterocycles. The Hall–Kier alpha value is -0.540. The maximum absolute atomic E-state index is 11.1. The summed E-state index contributed by atoms with van der Waals surface area (Å²) in [5.74, 6) is 1.16. The van der Waals surface area contributed by atoms with E-state index < -0.39 is 36.1 Å². The molecule has 5 aliphatic carbocycles. The molecule has 15 atom stereocenters. The van der Waals surface area contributed by atoms with Crippen molar-refractivity contribution in [2.24, 2.45) is 50.2 Å². The van der Waals surface area contributed by atoms with Crippen molar-refractivity contribution in [3.8, 4) is 0 Å². The van der Waals surface area contributed by atoms with Gasteiger partial charge >= 0.3 is 0 Å². The highest BCUT2D eigenvalue weighted by Crippen LogP contribution is 2.79. The standard InChI is InChI=1S/C36H58O7/c1-21-26(38)27(39)28(40)29(42-21)43-25-10-11-31(4)22(32(25,5)19-37)8-12-33(6)23(31)9-13-36-24-18-30(2,3)14-16-35(24,20-41-36)17-15-34(33,36)7/h9,13,21-29,37-40H,8,10-12,14-20H2,1-7H3/t21-,22+,23+,24+,25-,26+,27+,28-,29-,31-,32-,33+,34-,35+,36-/m0/s1. The molecule has 0 unspecified atom stereocenters.